The Morgan fingerprint density at radius 2 is 1.97 bits per heavy atom. The summed E-state index contributed by atoms with van der Waals surface area (Å²) in [6.07, 6.45) is 2.00. The van der Waals surface area contributed by atoms with Crippen LogP contribution in [-0.4, -0.2) is 71.9 Å². The van der Waals surface area contributed by atoms with Crippen molar-refractivity contribution >= 4 is 34.2 Å². The number of nitrogens with one attached hydrogen (secondary N) is 2. The van der Waals surface area contributed by atoms with Gasteiger partial charge in [0.15, 0.2) is 10.7 Å². The molecule has 1 aromatic heterocycles. The van der Waals surface area contributed by atoms with Crippen LogP contribution in [0, 0.1) is 0 Å². The molecule has 0 radical (unpaired) electrons. The normalized spacial score (nSPS) is 19.2. The van der Waals surface area contributed by atoms with E-state index >= 15 is 0 Å². The molecular formula is C19H24N6O3S. The predicted octanol–water partition coefficient (Wildman–Crippen LogP) is 1.80. The Kier molecular flexibility index (Phi) is 6.20. The van der Waals surface area contributed by atoms with Gasteiger partial charge in [-0.25, -0.2) is 4.79 Å². The van der Waals surface area contributed by atoms with Gasteiger partial charge in [-0.15, -0.1) is 5.10 Å². The first kappa shape index (κ1) is 19.6. The van der Waals surface area contributed by atoms with Gasteiger partial charge in [0.1, 0.15) is 0 Å². The van der Waals surface area contributed by atoms with Crippen LogP contribution >= 0.6 is 11.5 Å². The van der Waals surface area contributed by atoms with Gasteiger partial charge in [0, 0.05) is 56.6 Å². The van der Waals surface area contributed by atoms with E-state index in [-0.39, 0.29) is 23.7 Å². The first-order chi connectivity index (χ1) is 14.2. The molecule has 2 fully saturated rings. The monoisotopic (exact) mass is 416 g/mol. The lowest BCUT2D eigenvalue weighted by atomic mass is 10.2. The molecule has 2 saturated heterocycles. The number of aromatic nitrogens is 2. The fourth-order valence-corrected chi connectivity index (χ4v) is 4.06. The van der Waals surface area contributed by atoms with Gasteiger partial charge in [0.2, 0.25) is 0 Å². The lowest BCUT2D eigenvalue weighted by molar-refractivity contribution is 0.0854. The summed E-state index contributed by atoms with van der Waals surface area (Å²) in [4.78, 5) is 29.0. The summed E-state index contributed by atoms with van der Waals surface area (Å²) in [6.45, 7) is 3.89. The SMILES string of the molecule is O=C(NC[C@H]1CCCO1)c1nnsc1NC(=O)N1CCN(c2ccccc2)CC1. The molecule has 2 aliphatic heterocycles. The maximum atomic E-state index is 12.6. The molecule has 10 heteroatoms. The van der Waals surface area contributed by atoms with Crippen LogP contribution in [0.4, 0.5) is 15.5 Å². The van der Waals surface area contributed by atoms with Crippen molar-refractivity contribution in [1.29, 1.82) is 0 Å². The van der Waals surface area contributed by atoms with Crippen LogP contribution in [0.3, 0.4) is 0 Å². The molecule has 0 aliphatic carbocycles. The Hall–Kier alpha value is -2.72. The number of carbonyl (C=O) groups excluding carboxylic acids is 2. The smallest absolute Gasteiger partial charge is 0.322 e. The van der Waals surface area contributed by atoms with Gasteiger partial charge >= 0.3 is 6.03 Å². The van der Waals surface area contributed by atoms with Crippen LogP contribution in [0.2, 0.25) is 0 Å². The molecule has 2 N–H and O–H groups in total. The van der Waals surface area contributed by atoms with Gasteiger partial charge < -0.3 is 19.9 Å². The van der Waals surface area contributed by atoms with Crippen molar-refractivity contribution < 1.29 is 14.3 Å². The number of hydrogen-bond acceptors (Lipinski definition) is 7. The number of anilines is 2. The zero-order valence-corrected chi connectivity index (χ0v) is 16.9. The number of amides is 3. The topological polar surface area (TPSA) is 99.7 Å². The number of urea groups is 1. The van der Waals surface area contributed by atoms with E-state index in [4.69, 9.17) is 4.74 Å². The van der Waals surface area contributed by atoms with Crippen molar-refractivity contribution in [3.8, 4) is 0 Å². The number of hydrogen-bond donors (Lipinski definition) is 2. The Labute approximate surface area is 173 Å². The van der Waals surface area contributed by atoms with E-state index in [0.717, 1.165) is 49.8 Å². The summed E-state index contributed by atoms with van der Waals surface area (Å²) in [6, 6.07) is 9.91. The van der Waals surface area contributed by atoms with Gasteiger partial charge in [0.05, 0.1) is 6.10 Å². The van der Waals surface area contributed by atoms with Crippen LogP contribution < -0.4 is 15.5 Å². The molecule has 3 heterocycles. The van der Waals surface area contributed by atoms with Gasteiger partial charge in [-0.2, -0.15) is 0 Å². The first-order valence-corrected chi connectivity index (χ1v) is 10.6. The highest BCUT2D eigenvalue weighted by molar-refractivity contribution is 7.10. The molecule has 0 bridgehead atoms. The summed E-state index contributed by atoms with van der Waals surface area (Å²) in [7, 11) is 0. The van der Waals surface area contributed by atoms with Crippen LogP contribution in [0.1, 0.15) is 23.3 Å². The average Bonchev–Trinajstić information content (AvgIpc) is 3.45. The highest BCUT2D eigenvalue weighted by Gasteiger charge is 2.25. The second-order valence-corrected chi connectivity index (χ2v) is 7.79. The van der Waals surface area contributed by atoms with Gasteiger partial charge in [-0.05, 0) is 25.0 Å². The highest BCUT2D eigenvalue weighted by Crippen LogP contribution is 2.20. The van der Waals surface area contributed by atoms with Gasteiger partial charge in [0.25, 0.3) is 5.91 Å². The largest absolute Gasteiger partial charge is 0.376 e. The Balaban J connectivity index is 1.29. The fourth-order valence-electron chi connectivity index (χ4n) is 3.50. The molecule has 0 spiro atoms. The second-order valence-electron chi connectivity index (χ2n) is 7.04. The van der Waals surface area contributed by atoms with Crippen LogP contribution in [0.25, 0.3) is 0 Å². The summed E-state index contributed by atoms with van der Waals surface area (Å²) >= 11 is 1.00. The molecule has 1 aromatic carbocycles. The number of para-hydroxylation sites is 1. The molecule has 0 saturated carbocycles. The third-order valence-corrected chi connectivity index (χ3v) is 5.77. The lowest BCUT2D eigenvalue weighted by Gasteiger charge is -2.35. The second kappa shape index (κ2) is 9.19. The maximum absolute atomic E-state index is 12.6. The van der Waals surface area contributed by atoms with Crippen LogP contribution in [-0.2, 0) is 4.74 Å². The molecular weight excluding hydrogens is 392 g/mol. The number of carbonyl (C=O) groups is 2. The third-order valence-electron chi connectivity index (χ3n) is 5.13. The minimum atomic E-state index is -0.349. The zero-order chi connectivity index (χ0) is 20.1. The molecule has 1 atom stereocenters. The minimum Gasteiger partial charge on any atom is -0.376 e. The van der Waals surface area contributed by atoms with Crippen LogP contribution in [0.5, 0.6) is 0 Å². The lowest BCUT2D eigenvalue weighted by Crippen LogP contribution is -2.50. The van der Waals surface area contributed by atoms with Crippen molar-refractivity contribution in [2.24, 2.45) is 0 Å². The Morgan fingerprint density at radius 3 is 2.69 bits per heavy atom. The molecule has 9 nitrogen and oxygen atoms in total. The van der Waals surface area contributed by atoms with Gasteiger partial charge in [-0.3, -0.25) is 10.1 Å². The number of piperazine rings is 1. The number of nitrogens with zero attached hydrogens (tertiary/aromatic N) is 4. The molecule has 4 rings (SSSR count). The molecule has 2 aromatic rings. The summed E-state index contributed by atoms with van der Waals surface area (Å²) < 4.78 is 9.34. The predicted molar refractivity (Wildman–Crippen MR) is 110 cm³/mol. The summed E-state index contributed by atoms with van der Waals surface area (Å²) in [5, 5.41) is 9.86. The van der Waals surface area contributed by atoms with Crippen molar-refractivity contribution in [1.82, 2.24) is 19.8 Å². The quantitative estimate of drug-likeness (QED) is 0.771. The van der Waals surface area contributed by atoms with E-state index in [2.05, 4.69) is 37.3 Å². The minimum absolute atomic E-state index is 0.0458. The number of rotatable bonds is 5. The summed E-state index contributed by atoms with van der Waals surface area (Å²) in [5.74, 6) is -0.349. The van der Waals surface area contributed by atoms with E-state index < -0.39 is 0 Å². The standard InChI is InChI=1S/C19H24N6O3S/c26-17(20-13-15-7-4-12-28-15)16-18(29-23-22-16)21-19(27)25-10-8-24(9-11-25)14-5-2-1-3-6-14/h1-3,5-6,15H,4,7-13H2,(H,20,26)(H,21,27)/t15-/m1/s1. The van der Waals surface area contributed by atoms with Crippen molar-refractivity contribution in [2.45, 2.75) is 18.9 Å². The molecule has 29 heavy (non-hydrogen) atoms. The number of ether oxygens (including phenoxy) is 1. The van der Waals surface area contributed by atoms with E-state index in [9.17, 15) is 9.59 Å². The third kappa shape index (κ3) is 4.83. The molecule has 154 valence electrons. The summed E-state index contributed by atoms with van der Waals surface area (Å²) in [5.41, 5.74) is 1.30. The van der Waals surface area contributed by atoms with E-state index in [1.54, 1.807) is 4.90 Å². The Bertz CT molecular complexity index is 831. The molecule has 3 amide bonds. The maximum Gasteiger partial charge on any atom is 0.322 e. The van der Waals surface area contributed by atoms with E-state index in [0.29, 0.717) is 24.6 Å². The van der Waals surface area contributed by atoms with Crippen LogP contribution in [0.15, 0.2) is 30.3 Å². The zero-order valence-electron chi connectivity index (χ0n) is 16.0. The average molecular weight is 417 g/mol. The van der Waals surface area contributed by atoms with Crippen molar-refractivity contribution in [3.63, 3.8) is 0 Å². The molecule has 0 unspecified atom stereocenters. The van der Waals surface area contributed by atoms with Crippen molar-refractivity contribution in [2.75, 3.05) is 49.5 Å². The van der Waals surface area contributed by atoms with Crippen molar-refractivity contribution in [3.05, 3.63) is 36.0 Å². The van der Waals surface area contributed by atoms with Gasteiger partial charge in [-0.1, -0.05) is 22.7 Å². The highest BCUT2D eigenvalue weighted by atomic mass is 32.1. The fraction of sp³-hybridized carbons (Fsp3) is 0.474. The van der Waals surface area contributed by atoms with E-state index in [1.807, 2.05) is 18.2 Å². The first-order valence-electron chi connectivity index (χ1n) is 9.79. The Morgan fingerprint density at radius 1 is 1.17 bits per heavy atom. The van der Waals surface area contributed by atoms with E-state index in [1.165, 1.54) is 0 Å². The molecule has 2 aliphatic rings. The number of benzene rings is 1.